The van der Waals surface area contributed by atoms with Crippen molar-refractivity contribution in [2.75, 3.05) is 7.11 Å². The number of benzene rings is 2. The second-order valence-electron chi connectivity index (χ2n) is 5.98. The van der Waals surface area contributed by atoms with Gasteiger partial charge in [-0.05, 0) is 42.3 Å². The van der Waals surface area contributed by atoms with Gasteiger partial charge in [0, 0.05) is 18.0 Å². The molecule has 1 amide bonds. The van der Waals surface area contributed by atoms with Crippen LogP contribution in [0.25, 0.3) is 11.0 Å². The SMILES string of the molecule is COc1cccc(CNC(=O)Cc2c(C)c3ccc(O)cc3oc2=O)c1. The standard InChI is InChI=1S/C20H19NO5/c1-12-16-7-6-14(22)9-18(16)26-20(24)17(12)10-19(23)21-11-13-4-3-5-15(8-13)25-2/h3-9,22H,10-11H2,1-2H3,(H,21,23). The van der Waals surface area contributed by atoms with Gasteiger partial charge in [0.25, 0.3) is 0 Å². The Kier molecular flexibility index (Phi) is 4.93. The van der Waals surface area contributed by atoms with Gasteiger partial charge in [-0.15, -0.1) is 0 Å². The molecule has 0 saturated carbocycles. The van der Waals surface area contributed by atoms with Crippen LogP contribution in [0.3, 0.4) is 0 Å². The van der Waals surface area contributed by atoms with Crippen LogP contribution in [-0.4, -0.2) is 18.1 Å². The van der Waals surface area contributed by atoms with Gasteiger partial charge in [0.15, 0.2) is 0 Å². The van der Waals surface area contributed by atoms with Gasteiger partial charge in [-0.1, -0.05) is 12.1 Å². The number of phenols is 1. The Morgan fingerprint density at radius 2 is 2.04 bits per heavy atom. The molecule has 0 aliphatic rings. The molecule has 3 aromatic rings. The van der Waals surface area contributed by atoms with E-state index in [4.69, 9.17) is 9.15 Å². The van der Waals surface area contributed by atoms with Crippen LogP contribution in [0.2, 0.25) is 0 Å². The number of phenolic OH excluding ortho intramolecular Hbond substituents is 1. The van der Waals surface area contributed by atoms with Crippen LogP contribution in [0.5, 0.6) is 11.5 Å². The summed E-state index contributed by atoms with van der Waals surface area (Å²) < 4.78 is 10.4. The zero-order valence-corrected chi connectivity index (χ0v) is 14.5. The fourth-order valence-corrected chi connectivity index (χ4v) is 2.79. The van der Waals surface area contributed by atoms with Crippen LogP contribution in [0.15, 0.2) is 51.7 Å². The summed E-state index contributed by atoms with van der Waals surface area (Å²) in [6.07, 6.45) is -0.0745. The van der Waals surface area contributed by atoms with Crippen molar-refractivity contribution in [3.63, 3.8) is 0 Å². The van der Waals surface area contributed by atoms with E-state index < -0.39 is 5.63 Å². The fourth-order valence-electron chi connectivity index (χ4n) is 2.79. The third-order valence-electron chi connectivity index (χ3n) is 4.23. The molecule has 0 spiro atoms. The van der Waals surface area contributed by atoms with Gasteiger partial charge in [-0.25, -0.2) is 4.79 Å². The quantitative estimate of drug-likeness (QED) is 0.689. The molecular formula is C20H19NO5. The molecule has 2 aromatic carbocycles. The van der Waals surface area contributed by atoms with Crippen molar-refractivity contribution in [1.82, 2.24) is 5.32 Å². The Labute approximate surface area is 150 Å². The number of hydrogen-bond acceptors (Lipinski definition) is 5. The topological polar surface area (TPSA) is 88.8 Å². The predicted molar refractivity (Wildman–Crippen MR) is 97.4 cm³/mol. The Balaban J connectivity index is 1.76. The molecule has 0 saturated heterocycles. The van der Waals surface area contributed by atoms with Crippen LogP contribution >= 0.6 is 0 Å². The molecule has 6 nitrogen and oxygen atoms in total. The Morgan fingerprint density at radius 1 is 1.23 bits per heavy atom. The van der Waals surface area contributed by atoms with Gasteiger partial charge in [0.2, 0.25) is 5.91 Å². The zero-order chi connectivity index (χ0) is 18.7. The predicted octanol–water partition coefficient (Wildman–Crippen LogP) is 2.67. The number of aryl methyl sites for hydroxylation is 1. The minimum absolute atomic E-state index is 0.0174. The molecule has 0 radical (unpaired) electrons. The lowest BCUT2D eigenvalue weighted by molar-refractivity contribution is -0.120. The lowest BCUT2D eigenvalue weighted by Crippen LogP contribution is -2.27. The van der Waals surface area contributed by atoms with E-state index in [9.17, 15) is 14.7 Å². The highest BCUT2D eigenvalue weighted by Gasteiger charge is 2.15. The van der Waals surface area contributed by atoms with Crippen LogP contribution in [0, 0.1) is 6.92 Å². The van der Waals surface area contributed by atoms with Gasteiger partial charge in [-0.2, -0.15) is 0 Å². The molecule has 0 atom stereocenters. The highest BCUT2D eigenvalue weighted by molar-refractivity contribution is 5.85. The van der Waals surface area contributed by atoms with Crippen molar-refractivity contribution in [2.45, 2.75) is 19.9 Å². The maximum atomic E-state index is 12.3. The number of hydrogen-bond donors (Lipinski definition) is 2. The van der Waals surface area contributed by atoms with Crippen molar-refractivity contribution in [3.05, 3.63) is 69.6 Å². The summed E-state index contributed by atoms with van der Waals surface area (Å²) in [7, 11) is 1.58. The normalized spacial score (nSPS) is 10.7. The van der Waals surface area contributed by atoms with Crippen molar-refractivity contribution < 1.29 is 19.1 Å². The molecular weight excluding hydrogens is 334 g/mol. The third-order valence-corrected chi connectivity index (χ3v) is 4.23. The number of rotatable bonds is 5. The molecule has 0 aliphatic heterocycles. The summed E-state index contributed by atoms with van der Waals surface area (Å²) in [6, 6.07) is 12.0. The third kappa shape index (κ3) is 3.69. The summed E-state index contributed by atoms with van der Waals surface area (Å²) in [5.41, 5.74) is 1.61. The number of carbonyl (C=O) groups excluding carboxylic acids is 1. The zero-order valence-electron chi connectivity index (χ0n) is 14.5. The minimum atomic E-state index is -0.572. The number of ether oxygens (including phenoxy) is 1. The average molecular weight is 353 g/mol. The molecule has 1 heterocycles. The number of methoxy groups -OCH3 is 1. The highest BCUT2D eigenvalue weighted by atomic mass is 16.5. The van der Waals surface area contributed by atoms with E-state index in [0.717, 1.165) is 5.56 Å². The van der Waals surface area contributed by atoms with Crippen molar-refractivity contribution >= 4 is 16.9 Å². The van der Waals surface area contributed by atoms with Crippen LogP contribution < -0.4 is 15.7 Å². The first kappa shape index (κ1) is 17.5. The molecule has 1 aromatic heterocycles. The van der Waals surface area contributed by atoms with Crippen LogP contribution in [-0.2, 0) is 17.8 Å². The average Bonchev–Trinajstić information content (AvgIpc) is 2.63. The van der Waals surface area contributed by atoms with Crippen LogP contribution in [0.1, 0.15) is 16.7 Å². The fraction of sp³-hybridized carbons (Fsp3) is 0.200. The summed E-state index contributed by atoms with van der Waals surface area (Å²) >= 11 is 0. The lowest BCUT2D eigenvalue weighted by atomic mass is 10.0. The second kappa shape index (κ2) is 7.31. The smallest absolute Gasteiger partial charge is 0.340 e. The summed E-state index contributed by atoms with van der Waals surface area (Å²) in [5, 5.41) is 13.0. The van der Waals surface area contributed by atoms with Crippen molar-refractivity contribution in [1.29, 1.82) is 0 Å². The van der Waals surface area contributed by atoms with E-state index in [1.807, 2.05) is 24.3 Å². The first-order valence-electron chi connectivity index (χ1n) is 8.13. The summed E-state index contributed by atoms with van der Waals surface area (Å²) in [5.74, 6) is 0.455. The maximum Gasteiger partial charge on any atom is 0.340 e. The molecule has 0 fully saturated rings. The summed E-state index contributed by atoms with van der Waals surface area (Å²) in [6.45, 7) is 2.10. The van der Waals surface area contributed by atoms with E-state index in [1.54, 1.807) is 20.1 Å². The van der Waals surface area contributed by atoms with E-state index in [1.165, 1.54) is 12.1 Å². The molecule has 0 aliphatic carbocycles. The highest BCUT2D eigenvalue weighted by Crippen LogP contribution is 2.23. The number of nitrogens with one attached hydrogen (secondary N) is 1. The number of carbonyl (C=O) groups is 1. The molecule has 26 heavy (non-hydrogen) atoms. The molecule has 0 unspecified atom stereocenters. The van der Waals surface area contributed by atoms with E-state index in [-0.39, 0.29) is 18.1 Å². The molecule has 3 rings (SSSR count). The molecule has 134 valence electrons. The monoisotopic (exact) mass is 353 g/mol. The molecule has 6 heteroatoms. The first-order valence-corrected chi connectivity index (χ1v) is 8.13. The van der Waals surface area contributed by atoms with E-state index in [0.29, 0.717) is 34.4 Å². The minimum Gasteiger partial charge on any atom is -0.508 e. The maximum absolute atomic E-state index is 12.3. The van der Waals surface area contributed by atoms with Gasteiger partial charge >= 0.3 is 5.63 Å². The molecule has 2 N–H and O–H groups in total. The summed E-state index contributed by atoms with van der Waals surface area (Å²) in [4.78, 5) is 24.5. The van der Waals surface area contributed by atoms with Crippen LogP contribution in [0.4, 0.5) is 0 Å². The first-order chi connectivity index (χ1) is 12.5. The molecule has 0 bridgehead atoms. The van der Waals surface area contributed by atoms with E-state index >= 15 is 0 Å². The Morgan fingerprint density at radius 3 is 2.81 bits per heavy atom. The van der Waals surface area contributed by atoms with Crippen molar-refractivity contribution in [2.24, 2.45) is 0 Å². The van der Waals surface area contributed by atoms with Crippen molar-refractivity contribution in [3.8, 4) is 11.5 Å². The van der Waals surface area contributed by atoms with E-state index in [2.05, 4.69) is 5.32 Å². The Bertz CT molecular complexity index is 1020. The van der Waals surface area contributed by atoms with Gasteiger partial charge in [0.1, 0.15) is 17.1 Å². The number of fused-ring (bicyclic) bond motifs is 1. The Hall–Kier alpha value is -3.28. The number of aromatic hydroxyl groups is 1. The largest absolute Gasteiger partial charge is 0.508 e. The van der Waals surface area contributed by atoms with Gasteiger partial charge in [0.05, 0.1) is 19.1 Å². The lowest BCUT2D eigenvalue weighted by Gasteiger charge is -2.09. The van der Waals surface area contributed by atoms with Gasteiger partial charge < -0.3 is 19.6 Å². The number of amides is 1. The second-order valence-corrected chi connectivity index (χ2v) is 5.98. The van der Waals surface area contributed by atoms with Gasteiger partial charge in [-0.3, -0.25) is 4.79 Å².